The molecule has 1 aliphatic carbocycles. The molecule has 5 heteroatoms. The number of carbonyl (C=O) groups is 1. The third-order valence-electron chi connectivity index (χ3n) is 5.16. The summed E-state index contributed by atoms with van der Waals surface area (Å²) in [4.78, 5) is 18.0. The van der Waals surface area contributed by atoms with Crippen molar-refractivity contribution in [2.45, 2.75) is 31.8 Å². The smallest absolute Gasteiger partial charge is 0.255 e. The van der Waals surface area contributed by atoms with Crippen LogP contribution in [0, 0.1) is 5.41 Å². The lowest BCUT2D eigenvalue weighted by Crippen LogP contribution is -2.39. The molecule has 4 rings (SSSR count). The Hall–Kier alpha value is -1.59. The van der Waals surface area contributed by atoms with Crippen molar-refractivity contribution >= 4 is 17.2 Å². The molecular formula is C17H21N3OS. The second-order valence-electron chi connectivity index (χ2n) is 6.50. The van der Waals surface area contributed by atoms with E-state index < -0.39 is 0 Å². The molecule has 0 aromatic carbocycles. The monoisotopic (exact) mass is 315 g/mol. The van der Waals surface area contributed by atoms with Crippen LogP contribution in [0.3, 0.4) is 0 Å². The zero-order valence-electron chi connectivity index (χ0n) is 12.5. The van der Waals surface area contributed by atoms with Crippen LogP contribution in [0.5, 0.6) is 0 Å². The number of nitrogens with zero attached hydrogens (tertiary/aromatic N) is 1. The van der Waals surface area contributed by atoms with E-state index in [9.17, 15) is 4.79 Å². The van der Waals surface area contributed by atoms with Gasteiger partial charge >= 0.3 is 0 Å². The molecule has 2 aromatic heterocycles. The number of aromatic amines is 1. The Morgan fingerprint density at radius 1 is 1.36 bits per heavy atom. The van der Waals surface area contributed by atoms with Gasteiger partial charge in [-0.25, -0.2) is 0 Å². The van der Waals surface area contributed by atoms with Gasteiger partial charge in [-0.2, -0.15) is 11.3 Å². The number of nitrogens with one attached hydrogen (secondary N) is 2. The minimum absolute atomic E-state index is 0.160. The minimum Gasteiger partial charge on any atom is -0.367 e. The molecule has 0 unspecified atom stereocenters. The average Bonchev–Trinajstić information content (AvgIpc) is 3.02. The Balaban J connectivity index is 1.57. The van der Waals surface area contributed by atoms with Gasteiger partial charge in [0.25, 0.3) is 5.91 Å². The van der Waals surface area contributed by atoms with Crippen molar-refractivity contribution in [3.8, 4) is 0 Å². The fourth-order valence-electron chi connectivity index (χ4n) is 3.75. The van der Waals surface area contributed by atoms with E-state index in [4.69, 9.17) is 0 Å². The van der Waals surface area contributed by atoms with Crippen LogP contribution in [-0.4, -0.2) is 34.9 Å². The van der Waals surface area contributed by atoms with Gasteiger partial charge in [-0.15, -0.1) is 0 Å². The number of H-pyrrole nitrogens is 1. The zero-order valence-corrected chi connectivity index (χ0v) is 13.4. The standard InChI is InChI=1S/C17H21N3OS/c21-16(14-1-5-19-10-14)20(11-13-2-8-22-12-13)15-9-17(15)3-6-18-7-4-17/h1-2,5,8,10,12,15,18-19H,3-4,6-7,9,11H2/t15-/m0/s1. The summed E-state index contributed by atoms with van der Waals surface area (Å²) >= 11 is 1.70. The van der Waals surface area contributed by atoms with E-state index in [1.165, 1.54) is 18.4 Å². The van der Waals surface area contributed by atoms with Gasteiger partial charge in [0, 0.05) is 25.0 Å². The summed E-state index contributed by atoms with van der Waals surface area (Å²) in [5.41, 5.74) is 2.38. The lowest BCUT2D eigenvalue weighted by atomic mass is 9.93. The Morgan fingerprint density at radius 2 is 2.23 bits per heavy atom. The molecule has 2 aliphatic rings. The van der Waals surface area contributed by atoms with Gasteiger partial charge in [0.2, 0.25) is 0 Å². The van der Waals surface area contributed by atoms with Crippen LogP contribution in [0.2, 0.25) is 0 Å². The summed E-state index contributed by atoms with van der Waals surface area (Å²) in [5.74, 6) is 0.160. The second-order valence-corrected chi connectivity index (χ2v) is 7.28. The molecule has 1 aliphatic heterocycles. The number of hydrogen-bond acceptors (Lipinski definition) is 3. The lowest BCUT2D eigenvalue weighted by Gasteiger charge is -2.29. The maximum atomic E-state index is 12.9. The second kappa shape index (κ2) is 5.56. The molecule has 0 bridgehead atoms. The predicted molar refractivity (Wildman–Crippen MR) is 87.9 cm³/mol. The van der Waals surface area contributed by atoms with Crippen LogP contribution in [0.25, 0.3) is 0 Å². The van der Waals surface area contributed by atoms with E-state index in [2.05, 4.69) is 32.0 Å². The van der Waals surface area contributed by atoms with Gasteiger partial charge in [-0.1, -0.05) is 0 Å². The topological polar surface area (TPSA) is 48.1 Å². The molecule has 3 heterocycles. The van der Waals surface area contributed by atoms with Crippen molar-refractivity contribution in [2.75, 3.05) is 13.1 Å². The Bertz CT molecular complexity index is 629. The highest BCUT2D eigenvalue weighted by molar-refractivity contribution is 7.07. The zero-order chi connectivity index (χ0) is 15.0. The van der Waals surface area contributed by atoms with Gasteiger partial charge in [0.1, 0.15) is 0 Å². The van der Waals surface area contributed by atoms with Crippen molar-refractivity contribution in [1.82, 2.24) is 15.2 Å². The predicted octanol–water partition coefficient (Wildman–Crippen LogP) is 2.86. The van der Waals surface area contributed by atoms with Crippen LogP contribution in [-0.2, 0) is 6.54 Å². The van der Waals surface area contributed by atoms with Crippen LogP contribution >= 0.6 is 11.3 Å². The van der Waals surface area contributed by atoms with Gasteiger partial charge in [-0.05, 0) is 66.2 Å². The number of aromatic nitrogens is 1. The molecule has 1 atom stereocenters. The maximum absolute atomic E-state index is 12.9. The van der Waals surface area contributed by atoms with E-state index in [1.807, 2.05) is 12.3 Å². The minimum atomic E-state index is 0.160. The summed E-state index contributed by atoms with van der Waals surface area (Å²) in [6, 6.07) is 4.40. The summed E-state index contributed by atoms with van der Waals surface area (Å²) in [6.45, 7) is 2.90. The molecule has 2 aromatic rings. The molecule has 22 heavy (non-hydrogen) atoms. The van der Waals surface area contributed by atoms with E-state index in [-0.39, 0.29) is 5.91 Å². The molecule has 4 nitrogen and oxygen atoms in total. The van der Waals surface area contributed by atoms with Crippen LogP contribution < -0.4 is 5.32 Å². The Labute approximate surface area is 134 Å². The van der Waals surface area contributed by atoms with Gasteiger partial charge < -0.3 is 15.2 Å². The van der Waals surface area contributed by atoms with Gasteiger partial charge in [-0.3, -0.25) is 4.79 Å². The molecule has 1 saturated heterocycles. The van der Waals surface area contributed by atoms with Crippen LogP contribution in [0.1, 0.15) is 35.2 Å². The summed E-state index contributed by atoms with van der Waals surface area (Å²) < 4.78 is 0. The molecule has 1 saturated carbocycles. The normalized spacial score (nSPS) is 22.6. The molecule has 0 radical (unpaired) electrons. The van der Waals surface area contributed by atoms with Crippen LogP contribution in [0.15, 0.2) is 35.3 Å². The number of hydrogen-bond donors (Lipinski definition) is 2. The van der Waals surface area contributed by atoms with Crippen molar-refractivity contribution in [1.29, 1.82) is 0 Å². The van der Waals surface area contributed by atoms with Crippen molar-refractivity contribution in [2.24, 2.45) is 5.41 Å². The van der Waals surface area contributed by atoms with E-state index in [0.717, 1.165) is 31.6 Å². The first-order valence-corrected chi connectivity index (χ1v) is 8.88. The Morgan fingerprint density at radius 3 is 2.91 bits per heavy atom. The first-order valence-electron chi connectivity index (χ1n) is 7.94. The molecule has 1 spiro atoms. The highest BCUT2D eigenvalue weighted by Crippen LogP contribution is 2.56. The van der Waals surface area contributed by atoms with E-state index in [0.29, 0.717) is 11.5 Å². The van der Waals surface area contributed by atoms with E-state index >= 15 is 0 Å². The summed E-state index contributed by atoms with van der Waals surface area (Å²) in [7, 11) is 0. The SMILES string of the molecule is O=C(c1cc[nH]c1)N(Cc1ccsc1)[C@H]1CC12CCNCC2. The number of thiophene rings is 1. The first kappa shape index (κ1) is 14.0. The van der Waals surface area contributed by atoms with E-state index in [1.54, 1.807) is 17.5 Å². The molecular weight excluding hydrogens is 294 g/mol. The number of carbonyl (C=O) groups excluding carboxylic acids is 1. The van der Waals surface area contributed by atoms with Gasteiger partial charge in [0.05, 0.1) is 5.56 Å². The number of piperidine rings is 1. The highest BCUT2D eigenvalue weighted by atomic mass is 32.1. The average molecular weight is 315 g/mol. The fourth-order valence-corrected chi connectivity index (χ4v) is 4.41. The third-order valence-corrected chi connectivity index (χ3v) is 5.89. The van der Waals surface area contributed by atoms with Crippen molar-refractivity contribution in [3.63, 3.8) is 0 Å². The van der Waals surface area contributed by atoms with Crippen molar-refractivity contribution < 1.29 is 4.79 Å². The number of rotatable bonds is 4. The highest BCUT2D eigenvalue weighted by Gasteiger charge is 2.57. The third kappa shape index (κ3) is 2.48. The number of amides is 1. The summed E-state index contributed by atoms with van der Waals surface area (Å²) in [5, 5.41) is 7.67. The quantitative estimate of drug-likeness (QED) is 0.911. The largest absolute Gasteiger partial charge is 0.367 e. The molecule has 116 valence electrons. The summed E-state index contributed by atoms with van der Waals surface area (Å²) in [6.07, 6.45) is 7.18. The molecule has 2 fully saturated rings. The molecule has 2 N–H and O–H groups in total. The Kier molecular flexibility index (Phi) is 3.54. The van der Waals surface area contributed by atoms with Crippen molar-refractivity contribution in [3.05, 3.63) is 46.4 Å². The van der Waals surface area contributed by atoms with Crippen LogP contribution in [0.4, 0.5) is 0 Å². The first-order chi connectivity index (χ1) is 10.8. The maximum Gasteiger partial charge on any atom is 0.255 e. The molecule has 1 amide bonds. The van der Waals surface area contributed by atoms with Gasteiger partial charge in [0.15, 0.2) is 0 Å². The fraction of sp³-hybridized carbons (Fsp3) is 0.471. The lowest BCUT2D eigenvalue weighted by molar-refractivity contribution is 0.0692.